The summed E-state index contributed by atoms with van der Waals surface area (Å²) in [5.41, 5.74) is 5.97. The van der Waals surface area contributed by atoms with E-state index in [0.29, 0.717) is 31.8 Å². The van der Waals surface area contributed by atoms with Crippen LogP contribution in [-0.2, 0) is 14.8 Å². The molecule has 0 saturated carbocycles. The third-order valence-corrected chi connectivity index (χ3v) is 5.21. The second-order valence-corrected chi connectivity index (χ2v) is 6.93. The van der Waals surface area contributed by atoms with Crippen molar-refractivity contribution in [3.05, 3.63) is 23.2 Å². The van der Waals surface area contributed by atoms with Crippen molar-refractivity contribution in [1.82, 2.24) is 4.31 Å². The molecule has 0 bridgehead atoms. The Kier molecular flexibility index (Phi) is 4.35. The number of halogens is 1. The molecule has 1 heterocycles. The van der Waals surface area contributed by atoms with Crippen LogP contribution in [0.25, 0.3) is 0 Å². The second-order valence-electron chi connectivity index (χ2n) is 4.58. The number of nitrogen functional groups attached to an aromatic ring is 1. The van der Waals surface area contributed by atoms with E-state index in [1.807, 2.05) is 6.92 Å². The first-order chi connectivity index (χ1) is 8.91. The molecule has 1 atom stereocenters. The van der Waals surface area contributed by atoms with Gasteiger partial charge >= 0.3 is 0 Å². The summed E-state index contributed by atoms with van der Waals surface area (Å²) in [6, 6.07) is 4.38. The van der Waals surface area contributed by atoms with Crippen molar-refractivity contribution in [3.63, 3.8) is 0 Å². The molecule has 1 fully saturated rings. The van der Waals surface area contributed by atoms with Gasteiger partial charge in [0.15, 0.2) is 0 Å². The molecule has 1 aliphatic heterocycles. The third-order valence-electron chi connectivity index (χ3n) is 3.02. The second kappa shape index (κ2) is 5.66. The van der Waals surface area contributed by atoms with E-state index in [1.54, 1.807) is 0 Å². The van der Waals surface area contributed by atoms with Gasteiger partial charge in [0, 0.05) is 19.7 Å². The van der Waals surface area contributed by atoms with Gasteiger partial charge in [-0.3, -0.25) is 0 Å². The highest BCUT2D eigenvalue weighted by Gasteiger charge is 2.28. The molecule has 2 N–H and O–H groups in total. The predicted molar refractivity (Wildman–Crippen MR) is 74.7 cm³/mol. The number of hydrogen-bond acceptors (Lipinski definition) is 4. The Morgan fingerprint density at radius 1 is 1.47 bits per heavy atom. The van der Waals surface area contributed by atoms with Gasteiger partial charge in [0.05, 0.1) is 21.7 Å². The summed E-state index contributed by atoms with van der Waals surface area (Å²) in [5.74, 6) is 0. The van der Waals surface area contributed by atoms with E-state index in [2.05, 4.69) is 0 Å². The minimum Gasteiger partial charge on any atom is -0.398 e. The molecule has 0 aromatic heterocycles. The van der Waals surface area contributed by atoms with Crippen molar-refractivity contribution < 1.29 is 13.2 Å². The third kappa shape index (κ3) is 3.20. The lowest BCUT2D eigenvalue weighted by molar-refractivity contribution is 0.0752. The molecule has 5 nitrogen and oxygen atoms in total. The fraction of sp³-hybridized carbons (Fsp3) is 0.500. The van der Waals surface area contributed by atoms with Crippen molar-refractivity contribution >= 4 is 27.3 Å². The number of nitrogens with zero attached hydrogens (tertiary/aromatic N) is 1. The summed E-state index contributed by atoms with van der Waals surface area (Å²) < 4.78 is 31.9. The smallest absolute Gasteiger partial charge is 0.243 e. The molecule has 19 heavy (non-hydrogen) atoms. The van der Waals surface area contributed by atoms with Gasteiger partial charge in [-0.05, 0) is 31.5 Å². The van der Waals surface area contributed by atoms with E-state index in [1.165, 1.54) is 22.5 Å². The molecule has 0 aliphatic carbocycles. The van der Waals surface area contributed by atoms with Crippen LogP contribution in [0.2, 0.25) is 5.02 Å². The van der Waals surface area contributed by atoms with Gasteiger partial charge in [0.25, 0.3) is 0 Å². The van der Waals surface area contributed by atoms with Crippen LogP contribution in [0.15, 0.2) is 23.1 Å². The number of ether oxygens (including phenoxy) is 1. The van der Waals surface area contributed by atoms with Crippen LogP contribution in [0, 0.1) is 0 Å². The Morgan fingerprint density at radius 2 is 2.21 bits per heavy atom. The summed E-state index contributed by atoms with van der Waals surface area (Å²) in [6.45, 7) is 3.25. The van der Waals surface area contributed by atoms with E-state index < -0.39 is 10.0 Å². The Bertz CT molecular complexity index is 562. The van der Waals surface area contributed by atoms with E-state index in [0.717, 1.165) is 0 Å². The van der Waals surface area contributed by atoms with Gasteiger partial charge in [-0.1, -0.05) is 11.6 Å². The van der Waals surface area contributed by atoms with Gasteiger partial charge in [-0.2, -0.15) is 4.31 Å². The largest absolute Gasteiger partial charge is 0.398 e. The molecule has 0 radical (unpaired) electrons. The first-order valence-electron chi connectivity index (χ1n) is 6.08. The topological polar surface area (TPSA) is 72.6 Å². The molecule has 1 aliphatic rings. The maximum atomic E-state index is 12.5. The van der Waals surface area contributed by atoms with Crippen LogP contribution in [-0.4, -0.2) is 38.5 Å². The SMILES string of the molecule is CC1CN(S(=O)(=O)c2ccc(N)c(Cl)c2)CCCO1. The van der Waals surface area contributed by atoms with Gasteiger partial charge in [-0.15, -0.1) is 0 Å². The van der Waals surface area contributed by atoms with Crippen molar-refractivity contribution in [3.8, 4) is 0 Å². The fourth-order valence-corrected chi connectivity index (χ4v) is 3.82. The zero-order valence-electron chi connectivity index (χ0n) is 10.7. The molecule has 7 heteroatoms. The van der Waals surface area contributed by atoms with E-state index in [4.69, 9.17) is 22.1 Å². The lowest BCUT2D eigenvalue weighted by Crippen LogP contribution is -2.35. The molecule has 0 spiro atoms. The number of rotatable bonds is 2. The molecule has 106 valence electrons. The Balaban J connectivity index is 2.32. The van der Waals surface area contributed by atoms with Crippen LogP contribution < -0.4 is 5.73 Å². The summed E-state index contributed by atoms with van der Waals surface area (Å²) in [7, 11) is -3.54. The van der Waals surface area contributed by atoms with Crippen LogP contribution in [0.5, 0.6) is 0 Å². The van der Waals surface area contributed by atoms with Crippen LogP contribution in [0.4, 0.5) is 5.69 Å². The molecular formula is C12H17ClN2O3S. The highest BCUT2D eigenvalue weighted by molar-refractivity contribution is 7.89. The minimum absolute atomic E-state index is 0.110. The van der Waals surface area contributed by atoms with Crippen molar-refractivity contribution in [2.45, 2.75) is 24.3 Å². The number of nitrogens with two attached hydrogens (primary N) is 1. The van der Waals surface area contributed by atoms with Crippen LogP contribution in [0.3, 0.4) is 0 Å². The quantitative estimate of drug-likeness (QED) is 0.844. The summed E-state index contributed by atoms with van der Waals surface area (Å²) >= 11 is 5.89. The number of hydrogen-bond donors (Lipinski definition) is 1. The average Bonchev–Trinajstić information content (AvgIpc) is 2.57. The lowest BCUT2D eigenvalue weighted by Gasteiger charge is -2.21. The zero-order valence-corrected chi connectivity index (χ0v) is 12.2. The Labute approximate surface area is 118 Å². The molecular weight excluding hydrogens is 288 g/mol. The van der Waals surface area contributed by atoms with Crippen molar-refractivity contribution in [2.75, 3.05) is 25.4 Å². The van der Waals surface area contributed by atoms with Gasteiger partial charge in [-0.25, -0.2) is 8.42 Å². The first-order valence-corrected chi connectivity index (χ1v) is 7.90. The minimum atomic E-state index is -3.54. The molecule has 1 saturated heterocycles. The normalized spacial score (nSPS) is 22.1. The van der Waals surface area contributed by atoms with E-state index in [-0.39, 0.29) is 16.0 Å². The Morgan fingerprint density at radius 3 is 2.89 bits per heavy atom. The number of benzene rings is 1. The predicted octanol–water partition coefficient (Wildman–Crippen LogP) is 1.72. The van der Waals surface area contributed by atoms with Gasteiger partial charge in [0.2, 0.25) is 10.0 Å². The number of sulfonamides is 1. The monoisotopic (exact) mass is 304 g/mol. The van der Waals surface area contributed by atoms with E-state index in [9.17, 15) is 8.42 Å². The molecule has 1 unspecified atom stereocenters. The maximum Gasteiger partial charge on any atom is 0.243 e. The lowest BCUT2D eigenvalue weighted by atomic mass is 10.3. The molecule has 1 aromatic rings. The van der Waals surface area contributed by atoms with Crippen LogP contribution in [0.1, 0.15) is 13.3 Å². The summed E-state index contributed by atoms with van der Waals surface area (Å²) in [5, 5.41) is 0.250. The van der Waals surface area contributed by atoms with Gasteiger partial charge < -0.3 is 10.5 Å². The molecule has 1 aromatic carbocycles. The van der Waals surface area contributed by atoms with E-state index >= 15 is 0 Å². The Hall–Kier alpha value is -0.820. The van der Waals surface area contributed by atoms with Crippen molar-refractivity contribution in [2.24, 2.45) is 0 Å². The zero-order chi connectivity index (χ0) is 14.0. The first kappa shape index (κ1) is 14.6. The maximum absolute atomic E-state index is 12.5. The van der Waals surface area contributed by atoms with Gasteiger partial charge in [0.1, 0.15) is 0 Å². The fourth-order valence-electron chi connectivity index (χ4n) is 1.99. The summed E-state index contributed by atoms with van der Waals surface area (Å²) in [4.78, 5) is 0.167. The average molecular weight is 305 g/mol. The molecule has 0 amide bonds. The highest BCUT2D eigenvalue weighted by Crippen LogP contribution is 2.25. The van der Waals surface area contributed by atoms with Crippen molar-refractivity contribution in [1.29, 1.82) is 0 Å². The number of anilines is 1. The van der Waals surface area contributed by atoms with Crippen LogP contribution >= 0.6 is 11.6 Å². The molecule has 2 rings (SSSR count). The highest BCUT2D eigenvalue weighted by atomic mass is 35.5. The standard InChI is InChI=1S/C12H17ClN2O3S/c1-9-8-15(5-2-6-18-9)19(16,17)10-3-4-12(14)11(13)7-10/h3-4,7,9H,2,5-6,8,14H2,1H3. The summed E-state index contributed by atoms with van der Waals surface area (Å²) in [6.07, 6.45) is 0.577.